The van der Waals surface area contributed by atoms with E-state index >= 15 is 0 Å². The van der Waals surface area contributed by atoms with Crippen LogP contribution in [0.5, 0.6) is 0 Å². The molecule has 1 aliphatic heterocycles. The molecule has 130 valence electrons. The van der Waals surface area contributed by atoms with Crippen molar-refractivity contribution < 1.29 is 18.0 Å². The van der Waals surface area contributed by atoms with Crippen molar-refractivity contribution >= 4 is 5.91 Å². The topological polar surface area (TPSA) is 64.2 Å². The van der Waals surface area contributed by atoms with Gasteiger partial charge in [-0.1, -0.05) is 0 Å². The Balaban J connectivity index is 2.44. The fraction of sp³-hybridized carbons (Fsp3) is 0.733. The van der Waals surface area contributed by atoms with E-state index in [4.69, 9.17) is 5.73 Å². The summed E-state index contributed by atoms with van der Waals surface area (Å²) in [5.74, 6) is -0.503. The zero-order chi connectivity index (χ0) is 17.6. The number of alkyl halides is 3. The molecular formula is C15H23F3N4O. The fourth-order valence-electron chi connectivity index (χ4n) is 3.04. The molecule has 1 aromatic rings. The number of likely N-dealkylation sites (tertiary alicyclic amines) is 1. The third-order valence-electron chi connectivity index (χ3n) is 4.16. The third-order valence-corrected chi connectivity index (χ3v) is 4.16. The predicted octanol–water partition coefficient (Wildman–Crippen LogP) is 2.47. The van der Waals surface area contributed by atoms with Crippen LogP contribution >= 0.6 is 0 Å². The number of rotatable bonds is 2. The first-order chi connectivity index (χ1) is 10.5. The van der Waals surface area contributed by atoms with Crippen molar-refractivity contribution in [2.45, 2.75) is 51.9 Å². The summed E-state index contributed by atoms with van der Waals surface area (Å²) in [7, 11) is 0. The molecule has 0 bridgehead atoms. The third kappa shape index (κ3) is 3.36. The number of hydrogen-bond acceptors (Lipinski definition) is 3. The molecule has 1 aliphatic rings. The highest BCUT2D eigenvalue weighted by atomic mass is 19.4. The molecule has 2 rings (SSSR count). The Hall–Kier alpha value is -1.57. The smallest absolute Gasteiger partial charge is 0.335 e. The Kier molecular flexibility index (Phi) is 4.49. The molecule has 1 amide bonds. The monoisotopic (exact) mass is 332 g/mol. The van der Waals surface area contributed by atoms with Crippen LogP contribution in [0, 0.1) is 5.92 Å². The van der Waals surface area contributed by atoms with E-state index in [1.54, 1.807) is 20.8 Å². The maximum Gasteiger partial charge on any atom is 0.433 e. The van der Waals surface area contributed by atoms with E-state index in [1.165, 1.54) is 4.90 Å². The molecule has 2 unspecified atom stereocenters. The second-order valence-corrected chi connectivity index (χ2v) is 7.13. The molecule has 2 N–H and O–H groups in total. The molecule has 2 atom stereocenters. The molecular weight excluding hydrogens is 309 g/mol. The molecule has 23 heavy (non-hydrogen) atoms. The first-order valence-electron chi connectivity index (χ1n) is 7.63. The van der Waals surface area contributed by atoms with Crippen molar-refractivity contribution in [3.63, 3.8) is 0 Å². The number of nitrogens with two attached hydrogens (primary N) is 1. The second kappa shape index (κ2) is 5.81. The van der Waals surface area contributed by atoms with Gasteiger partial charge in [-0.3, -0.25) is 9.48 Å². The first-order valence-corrected chi connectivity index (χ1v) is 7.63. The minimum atomic E-state index is -4.65. The minimum absolute atomic E-state index is 0.126. The SMILES string of the molecule is CC1CC(CN)CN1C(=O)c1cnn(C(C)(C)C)c1C(F)(F)F. The maximum atomic E-state index is 13.5. The average Bonchev–Trinajstić information content (AvgIpc) is 3.00. The van der Waals surface area contributed by atoms with Crippen LogP contribution in [0.25, 0.3) is 0 Å². The number of amides is 1. The van der Waals surface area contributed by atoms with Crippen molar-refractivity contribution in [3.8, 4) is 0 Å². The molecule has 0 spiro atoms. The van der Waals surface area contributed by atoms with Gasteiger partial charge in [-0.25, -0.2) is 0 Å². The van der Waals surface area contributed by atoms with Crippen LogP contribution in [0.1, 0.15) is 50.2 Å². The van der Waals surface area contributed by atoms with Gasteiger partial charge < -0.3 is 10.6 Å². The summed E-state index contributed by atoms with van der Waals surface area (Å²) in [6, 6.07) is -0.130. The normalized spacial score (nSPS) is 22.7. The van der Waals surface area contributed by atoms with Gasteiger partial charge in [0.15, 0.2) is 5.69 Å². The lowest BCUT2D eigenvalue weighted by Crippen LogP contribution is -2.36. The molecule has 1 aromatic heterocycles. The molecule has 5 nitrogen and oxygen atoms in total. The Bertz CT molecular complexity index is 589. The molecule has 0 aliphatic carbocycles. The number of aromatic nitrogens is 2. The lowest BCUT2D eigenvalue weighted by Gasteiger charge is -2.25. The van der Waals surface area contributed by atoms with Crippen LogP contribution < -0.4 is 5.73 Å². The van der Waals surface area contributed by atoms with Gasteiger partial charge in [-0.05, 0) is 46.6 Å². The summed E-state index contributed by atoms with van der Waals surface area (Å²) in [5, 5.41) is 3.84. The van der Waals surface area contributed by atoms with Gasteiger partial charge in [0.25, 0.3) is 5.91 Å². The summed E-state index contributed by atoms with van der Waals surface area (Å²) in [6.07, 6.45) is -2.92. The summed E-state index contributed by atoms with van der Waals surface area (Å²) in [4.78, 5) is 14.1. The maximum absolute atomic E-state index is 13.5. The molecule has 0 saturated carbocycles. The molecule has 0 radical (unpaired) electrons. The van der Waals surface area contributed by atoms with Gasteiger partial charge in [0.1, 0.15) is 0 Å². The Morgan fingerprint density at radius 1 is 1.39 bits per heavy atom. The molecule has 8 heteroatoms. The van der Waals surface area contributed by atoms with Crippen LogP contribution in [-0.2, 0) is 11.7 Å². The highest BCUT2D eigenvalue weighted by molar-refractivity contribution is 5.95. The van der Waals surface area contributed by atoms with Crippen LogP contribution in [0.2, 0.25) is 0 Å². The van der Waals surface area contributed by atoms with Crippen molar-refractivity contribution in [2.24, 2.45) is 11.7 Å². The van der Waals surface area contributed by atoms with Gasteiger partial charge in [0, 0.05) is 12.6 Å². The number of hydrogen-bond donors (Lipinski definition) is 1. The van der Waals surface area contributed by atoms with E-state index in [1.807, 2.05) is 6.92 Å². The fourth-order valence-corrected chi connectivity index (χ4v) is 3.04. The standard InChI is InChI=1S/C15H23F3N4O/c1-9-5-10(6-19)8-21(9)13(23)11-7-20-22(14(2,3)4)12(11)15(16,17)18/h7,9-10H,5-6,8,19H2,1-4H3. The van der Waals surface area contributed by atoms with Crippen molar-refractivity contribution in [2.75, 3.05) is 13.1 Å². The zero-order valence-electron chi connectivity index (χ0n) is 13.8. The van der Waals surface area contributed by atoms with E-state index in [-0.39, 0.29) is 12.0 Å². The molecule has 2 heterocycles. The largest absolute Gasteiger partial charge is 0.433 e. The lowest BCUT2D eigenvalue weighted by molar-refractivity contribution is -0.146. The van der Waals surface area contributed by atoms with Crippen LogP contribution in [0.4, 0.5) is 13.2 Å². The van der Waals surface area contributed by atoms with Crippen molar-refractivity contribution in [1.29, 1.82) is 0 Å². The summed E-state index contributed by atoms with van der Waals surface area (Å²) >= 11 is 0. The molecule has 0 aromatic carbocycles. The van der Waals surface area contributed by atoms with Crippen LogP contribution in [-0.4, -0.2) is 39.7 Å². The van der Waals surface area contributed by atoms with E-state index in [9.17, 15) is 18.0 Å². The van der Waals surface area contributed by atoms with Crippen LogP contribution in [0.15, 0.2) is 6.20 Å². The predicted molar refractivity (Wildman–Crippen MR) is 79.9 cm³/mol. The van der Waals surface area contributed by atoms with Gasteiger partial charge in [0.05, 0.1) is 17.3 Å². The van der Waals surface area contributed by atoms with Gasteiger partial charge in [-0.15, -0.1) is 0 Å². The highest BCUT2D eigenvalue weighted by Gasteiger charge is 2.44. The molecule has 1 saturated heterocycles. The highest BCUT2D eigenvalue weighted by Crippen LogP contribution is 2.36. The van der Waals surface area contributed by atoms with Gasteiger partial charge in [0.2, 0.25) is 0 Å². The number of halogens is 3. The minimum Gasteiger partial charge on any atom is -0.335 e. The number of carbonyl (C=O) groups is 1. The zero-order valence-corrected chi connectivity index (χ0v) is 13.8. The Labute approximate surface area is 133 Å². The summed E-state index contributed by atoms with van der Waals surface area (Å²) in [6.45, 7) is 7.48. The number of nitrogens with zero attached hydrogens (tertiary/aromatic N) is 3. The van der Waals surface area contributed by atoms with E-state index < -0.39 is 28.9 Å². The Morgan fingerprint density at radius 2 is 2.00 bits per heavy atom. The summed E-state index contributed by atoms with van der Waals surface area (Å²) < 4.78 is 41.4. The quantitative estimate of drug-likeness (QED) is 0.905. The van der Waals surface area contributed by atoms with E-state index in [2.05, 4.69) is 5.10 Å². The first kappa shape index (κ1) is 17.8. The average molecular weight is 332 g/mol. The van der Waals surface area contributed by atoms with E-state index in [0.29, 0.717) is 19.5 Å². The molecule has 1 fully saturated rings. The van der Waals surface area contributed by atoms with Crippen LogP contribution in [0.3, 0.4) is 0 Å². The number of carbonyl (C=O) groups excluding carboxylic acids is 1. The van der Waals surface area contributed by atoms with Gasteiger partial charge >= 0.3 is 6.18 Å². The van der Waals surface area contributed by atoms with Crippen molar-refractivity contribution in [3.05, 3.63) is 17.5 Å². The van der Waals surface area contributed by atoms with Crippen molar-refractivity contribution in [1.82, 2.24) is 14.7 Å². The second-order valence-electron chi connectivity index (χ2n) is 7.13. The van der Waals surface area contributed by atoms with Gasteiger partial charge in [-0.2, -0.15) is 18.3 Å². The summed E-state index contributed by atoms with van der Waals surface area (Å²) in [5.41, 5.74) is 3.37. The lowest BCUT2D eigenvalue weighted by atomic mass is 10.1. The Morgan fingerprint density at radius 3 is 2.43 bits per heavy atom. The van der Waals surface area contributed by atoms with E-state index in [0.717, 1.165) is 10.9 Å².